The zero-order valence-electron chi connectivity index (χ0n) is 12.3. The lowest BCUT2D eigenvalue weighted by molar-refractivity contribution is 0.633. The molecule has 0 aliphatic carbocycles. The Morgan fingerprint density at radius 3 is 2.50 bits per heavy atom. The average Bonchev–Trinajstić information content (AvgIpc) is 2.48. The van der Waals surface area contributed by atoms with Crippen LogP contribution >= 0.6 is 11.8 Å². The first-order chi connectivity index (χ1) is 9.61. The molecule has 0 spiro atoms. The van der Waals surface area contributed by atoms with Gasteiger partial charge in [0.2, 0.25) is 0 Å². The van der Waals surface area contributed by atoms with Gasteiger partial charge in [-0.15, -0.1) is 11.8 Å². The third kappa shape index (κ3) is 3.62. The fraction of sp³-hybridized carbons (Fsp3) is 0.353. The molecule has 1 aromatic carbocycles. The molecule has 0 aliphatic heterocycles. The molecule has 0 saturated carbocycles. The van der Waals surface area contributed by atoms with E-state index in [1.807, 2.05) is 24.2 Å². The molecule has 1 heterocycles. The Morgan fingerprint density at radius 1 is 1.15 bits per heavy atom. The predicted molar refractivity (Wildman–Crippen MR) is 87.0 cm³/mol. The van der Waals surface area contributed by atoms with Crippen molar-refractivity contribution in [2.24, 2.45) is 5.73 Å². The first kappa shape index (κ1) is 15.1. The third-order valence-corrected chi connectivity index (χ3v) is 5.06. The lowest BCUT2D eigenvalue weighted by Crippen LogP contribution is -2.25. The molecule has 2 unspecified atom stereocenters. The molecule has 0 saturated heterocycles. The number of aryl methyl sites for hydroxylation is 2. The summed E-state index contributed by atoms with van der Waals surface area (Å²) in [5.41, 5.74) is 10.2. The number of benzene rings is 1. The van der Waals surface area contributed by atoms with Gasteiger partial charge in [-0.3, -0.25) is 4.98 Å². The fourth-order valence-corrected chi connectivity index (χ4v) is 3.58. The Labute approximate surface area is 125 Å². The average molecular weight is 286 g/mol. The summed E-state index contributed by atoms with van der Waals surface area (Å²) in [5.74, 6) is 0. The van der Waals surface area contributed by atoms with Crippen molar-refractivity contribution in [3.8, 4) is 0 Å². The van der Waals surface area contributed by atoms with Gasteiger partial charge < -0.3 is 5.73 Å². The van der Waals surface area contributed by atoms with E-state index in [2.05, 4.69) is 56.1 Å². The van der Waals surface area contributed by atoms with Crippen LogP contribution in [0.4, 0.5) is 0 Å². The SMILES string of the molecule is CCC(N)C(Sc1cc(C)ccc1C)c1ccncc1. The van der Waals surface area contributed by atoms with Crippen molar-refractivity contribution in [2.45, 2.75) is 43.4 Å². The number of nitrogens with two attached hydrogens (primary N) is 1. The van der Waals surface area contributed by atoms with E-state index in [-0.39, 0.29) is 11.3 Å². The van der Waals surface area contributed by atoms with Gasteiger partial charge in [-0.25, -0.2) is 0 Å². The minimum atomic E-state index is 0.141. The Balaban J connectivity index is 2.31. The van der Waals surface area contributed by atoms with E-state index in [9.17, 15) is 0 Å². The van der Waals surface area contributed by atoms with E-state index in [1.165, 1.54) is 21.6 Å². The third-order valence-electron chi connectivity index (χ3n) is 3.49. The van der Waals surface area contributed by atoms with Crippen LogP contribution in [0, 0.1) is 13.8 Å². The summed E-state index contributed by atoms with van der Waals surface area (Å²) in [6.45, 7) is 6.43. The summed E-state index contributed by atoms with van der Waals surface area (Å²) >= 11 is 1.86. The summed E-state index contributed by atoms with van der Waals surface area (Å²) < 4.78 is 0. The van der Waals surface area contributed by atoms with Gasteiger partial charge in [0.15, 0.2) is 0 Å². The standard InChI is InChI=1S/C17H22N2S/c1-4-15(18)17(14-7-9-19-10-8-14)20-16-11-12(2)5-6-13(16)3/h5-11,15,17H,4,18H2,1-3H3. The summed E-state index contributed by atoms with van der Waals surface area (Å²) in [6.07, 6.45) is 4.65. The minimum absolute atomic E-state index is 0.141. The number of pyridine rings is 1. The topological polar surface area (TPSA) is 38.9 Å². The van der Waals surface area contributed by atoms with Crippen LogP contribution in [0.25, 0.3) is 0 Å². The van der Waals surface area contributed by atoms with E-state index in [0.29, 0.717) is 0 Å². The van der Waals surface area contributed by atoms with Crippen molar-refractivity contribution in [2.75, 3.05) is 0 Å². The van der Waals surface area contributed by atoms with E-state index in [1.54, 1.807) is 0 Å². The molecule has 2 aromatic rings. The van der Waals surface area contributed by atoms with Crippen molar-refractivity contribution < 1.29 is 0 Å². The van der Waals surface area contributed by atoms with E-state index in [4.69, 9.17) is 5.73 Å². The number of nitrogens with zero attached hydrogens (tertiary/aromatic N) is 1. The summed E-state index contributed by atoms with van der Waals surface area (Å²) in [5, 5.41) is 0.267. The van der Waals surface area contributed by atoms with Crippen molar-refractivity contribution in [1.82, 2.24) is 4.98 Å². The first-order valence-corrected chi connectivity index (χ1v) is 7.89. The van der Waals surface area contributed by atoms with Gasteiger partial charge in [-0.1, -0.05) is 24.6 Å². The molecule has 3 heteroatoms. The largest absolute Gasteiger partial charge is 0.326 e. The molecule has 0 amide bonds. The second-order valence-corrected chi connectivity index (χ2v) is 6.34. The highest BCUT2D eigenvalue weighted by Crippen LogP contribution is 2.39. The molecule has 0 fully saturated rings. The molecule has 20 heavy (non-hydrogen) atoms. The maximum Gasteiger partial charge on any atom is 0.0496 e. The van der Waals surface area contributed by atoms with Crippen LogP contribution < -0.4 is 5.73 Å². The zero-order chi connectivity index (χ0) is 14.5. The summed E-state index contributed by atoms with van der Waals surface area (Å²) in [7, 11) is 0. The highest BCUT2D eigenvalue weighted by Gasteiger charge is 2.20. The van der Waals surface area contributed by atoms with Gasteiger partial charge >= 0.3 is 0 Å². The van der Waals surface area contributed by atoms with Crippen molar-refractivity contribution >= 4 is 11.8 Å². The smallest absolute Gasteiger partial charge is 0.0496 e. The lowest BCUT2D eigenvalue weighted by atomic mass is 10.1. The molecule has 1 aromatic heterocycles. The normalized spacial score (nSPS) is 14.0. The molecule has 0 radical (unpaired) electrons. The number of hydrogen-bond donors (Lipinski definition) is 1. The minimum Gasteiger partial charge on any atom is -0.326 e. The monoisotopic (exact) mass is 286 g/mol. The number of thioether (sulfide) groups is 1. The fourth-order valence-electron chi connectivity index (χ4n) is 2.14. The van der Waals surface area contributed by atoms with Crippen LogP contribution in [0.3, 0.4) is 0 Å². The Kier molecular flexibility index (Phi) is 5.21. The highest BCUT2D eigenvalue weighted by molar-refractivity contribution is 7.99. The van der Waals surface area contributed by atoms with E-state index >= 15 is 0 Å². The Morgan fingerprint density at radius 2 is 1.85 bits per heavy atom. The Bertz CT molecular complexity index is 554. The van der Waals surface area contributed by atoms with Crippen LogP contribution in [-0.4, -0.2) is 11.0 Å². The van der Waals surface area contributed by atoms with Crippen molar-refractivity contribution in [3.05, 3.63) is 59.4 Å². The molecule has 2 atom stereocenters. The predicted octanol–water partition coefficient (Wildman–Crippen LogP) is 4.27. The zero-order valence-corrected chi connectivity index (χ0v) is 13.2. The van der Waals surface area contributed by atoms with Crippen LogP contribution in [-0.2, 0) is 0 Å². The quantitative estimate of drug-likeness (QED) is 0.834. The molecule has 2 nitrogen and oxygen atoms in total. The molecule has 2 rings (SSSR count). The number of aromatic nitrogens is 1. The molecule has 2 N–H and O–H groups in total. The number of hydrogen-bond acceptors (Lipinski definition) is 3. The second kappa shape index (κ2) is 6.91. The van der Waals surface area contributed by atoms with Gasteiger partial charge in [0.05, 0.1) is 0 Å². The van der Waals surface area contributed by atoms with Crippen LogP contribution in [0.1, 0.15) is 35.3 Å². The van der Waals surface area contributed by atoms with E-state index in [0.717, 1.165) is 6.42 Å². The summed E-state index contributed by atoms with van der Waals surface area (Å²) in [6, 6.07) is 10.9. The van der Waals surface area contributed by atoms with Gasteiger partial charge in [-0.05, 0) is 49.6 Å². The lowest BCUT2D eigenvalue weighted by Gasteiger charge is -2.23. The molecule has 106 valence electrons. The van der Waals surface area contributed by atoms with Crippen LogP contribution in [0.5, 0.6) is 0 Å². The first-order valence-electron chi connectivity index (χ1n) is 7.01. The van der Waals surface area contributed by atoms with Crippen LogP contribution in [0.15, 0.2) is 47.6 Å². The number of rotatable bonds is 5. The molecular formula is C17H22N2S. The van der Waals surface area contributed by atoms with Crippen LogP contribution in [0.2, 0.25) is 0 Å². The maximum atomic E-state index is 6.34. The van der Waals surface area contributed by atoms with E-state index < -0.39 is 0 Å². The highest BCUT2D eigenvalue weighted by atomic mass is 32.2. The van der Waals surface area contributed by atoms with Crippen molar-refractivity contribution in [1.29, 1.82) is 0 Å². The van der Waals surface area contributed by atoms with Gasteiger partial charge in [0.1, 0.15) is 0 Å². The second-order valence-electron chi connectivity index (χ2n) is 5.16. The Hall–Kier alpha value is -1.32. The van der Waals surface area contributed by atoms with Crippen molar-refractivity contribution in [3.63, 3.8) is 0 Å². The molecule has 0 bridgehead atoms. The summed E-state index contributed by atoms with van der Waals surface area (Å²) in [4.78, 5) is 5.42. The van der Waals surface area contributed by atoms with Gasteiger partial charge in [-0.2, -0.15) is 0 Å². The van der Waals surface area contributed by atoms with Gasteiger partial charge in [0.25, 0.3) is 0 Å². The molecule has 0 aliphatic rings. The maximum absolute atomic E-state index is 6.34. The molecular weight excluding hydrogens is 264 g/mol. The van der Waals surface area contributed by atoms with Gasteiger partial charge in [0, 0.05) is 28.6 Å².